The van der Waals surface area contributed by atoms with Crippen molar-refractivity contribution in [1.82, 2.24) is 4.90 Å². The fourth-order valence-corrected chi connectivity index (χ4v) is 2.76. The van der Waals surface area contributed by atoms with Gasteiger partial charge in [0.1, 0.15) is 6.10 Å². The molecule has 0 aromatic carbocycles. The Morgan fingerprint density at radius 2 is 1.90 bits per heavy atom. The molecule has 0 spiro atoms. The Morgan fingerprint density at radius 1 is 1.24 bits per heavy atom. The molecule has 0 saturated carbocycles. The molecule has 1 atom stereocenters. The van der Waals surface area contributed by atoms with Crippen LogP contribution in [0.1, 0.15) is 72.1 Å². The van der Waals surface area contributed by atoms with E-state index in [0.29, 0.717) is 6.54 Å². The van der Waals surface area contributed by atoms with Gasteiger partial charge in [-0.05, 0) is 64.1 Å². The van der Waals surface area contributed by atoms with Crippen LogP contribution in [0.5, 0.6) is 0 Å². The van der Waals surface area contributed by atoms with Crippen LogP contribution in [-0.4, -0.2) is 36.6 Å². The van der Waals surface area contributed by atoms with Gasteiger partial charge >= 0.3 is 5.97 Å². The van der Waals surface area contributed by atoms with E-state index < -0.39 is 0 Å². The molecule has 1 rings (SSSR count). The number of nitrogens with zero attached hydrogens (tertiary/aromatic N) is 1. The van der Waals surface area contributed by atoms with Crippen LogP contribution in [0.15, 0.2) is 11.6 Å². The fourth-order valence-electron chi connectivity index (χ4n) is 2.76. The molecule has 1 aliphatic rings. The van der Waals surface area contributed by atoms with E-state index in [1.807, 2.05) is 6.92 Å². The summed E-state index contributed by atoms with van der Waals surface area (Å²) in [6, 6.07) is 0. The average Bonchev–Trinajstić information content (AvgIpc) is 2.50. The summed E-state index contributed by atoms with van der Waals surface area (Å²) in [4.78, 5) is 14.4. The maximum absolute atomic E-state index is 12.1. The quantitative estimate of drug-likeness (QED) is 0.444. The van der Waals surface area contributed by atoms with Crippen molar-refractivity contribution in [2.45, 2.75) is 78.2 Å². The number of carbonyl (C=O) groups excluding carboxylic acids is 1. The third-order valence-electron chi connectivity index (χ3n) is 4.16. The maximum atomic E-state index is 12.1. The Morgan fingerprint density at radius 3 is 2.43 bits per heavy atom. The van der Waals surface area contributed by atoms with Gasteiger partial charge in [0.05, 0.1) is 6.54 Å². The lowest BCUT2D eigenvalue weighted by atomic mass is 9.96. The highest BCUT2D eigenvalue weighted by Gasteiger charge is 2.17. The summed E-state index contributed by atoms with van der Waals surface area (Å²) in [5.41, 5.74) is 1.31. The summed E-state index contributed by atoms with van der Waals surface area (Å²) in [6.45, 7) is 8.84. The minimum atomic E-state index is -0.0684. The number of ether oxygens (including phenoxy) is 1. The van der Waals surface area contributed by atoms with Gasteiger partial charge in [-0.15, -0.1) is 0 Å². The molecule has 122 valence electrons. The van der Waals surface area contributed by atoms with Crippen LogP contribution >= 0.6 is 0 Å². The van der Waals surface area contributed by atoms with Crippen molar-refractivity contribution < 1.29 is 9.53 Å². The number of unbranched alkanes of at least 4 members (excludes halogenated alkanes) is 2. The van der Waals surface area contributed by atoms with Crippen LogP contribution in [0.25, 0.3) is 0 Å². The molecule has 0 aromatic heterocycles. The van der Waals surface area contributed by atoms with Crippen molar-refractivity contribution in [2.24, 2.45) is 0 Å². The lowest BCUT2D eigenvalue weighted by molar-refractivity contribution is -0.148. The van der Waals surface area contributed by atoms with Crippen molar-refractivity contribution in [2.75, 3.05) is 19.6 Å². The van der Waals surface area contributed by atoms with Gasteiger partial charge in [0, 0.05) is 0 Å². The molecule has 1 aliphatic carbocycles. The summed E-state index contributed by atoms with van der Waals surface area (Å²) in [5, 5.41) is 0. The Kier molecular flexibility index (Phi) is 9.40. The predicted molar refractivity (Wildman–Crippen MR) is 88.4 cm³/mol. The van der Waals surface area contributed by atoms with Crippen molar-refractivity contribution in [3.05, 3.63) is 11.6 Å². The number of allylic oxidation sites excluding steroid dienone is 1. The Labute approximate surface area is 130 Å². The molecule has 0 aromatic rings. The van der Waals surface area contributed by atoms with Crippen molar-refractivity contribution >= 4 is 5.97 Å². The second kappa shape index (κ2) is 10.8. The van der Waals surface area contributed by atoms with Gasteiger partial charge in [0.2, 0.25) is 0 Å². The summed E-state index contributed by atoms with van der Waals surface area (Å²) in [7, 11) is 0. The smallest absolute Gasteiger partial charge is 0.320 e. The molecule has 0 fully saturated rings. The molecule has 3 nitrogen and oxygen atoms in total. The van der Waals surface area contributed by atoms with Gasteiger partial charge in [-0.2, -0.15) is 0 Å². The third-order valence-corrected chi connectivity index (χ3v) is 4.16. The zero-order valence-corrected chi connectivity index (χ0v) is 14.2. The van der Waals surface area contributed by atoms with E-state index in [1.165, 1.54) is 31.3 Å². The van der Waals surface area contributed by atoms with Crippen LogP contribution in [0, 0.1) is 0 Å². The van der Waals surface area contributed by atoms with Crippen molar-refractivity contribution in [3.8, 4) is 0 Å². The Bertz CT molecular complexity index is 317. The number of carbonyl (C=O) groups is 1. The largest absolute Gasteiger partial charge is 0.457 e. The fraction of sp³-hybridized carbons (Fsp3) is 0.833. The van der Waals surface area contributed by atoms with Crippen LogP contribution in [0.4, 0.5) is 0 Å². The van der Waals surface area contributed by atoms with E-state index in [9.17, 15) is 4.79 Å². The Balaban J connectivity index is 2.38. The highest BCUT2D eigenvalue weighted by Crippen LogP contribution is 2.22. The van der Waals surface area contributed by atoms with E-state index in [1.54, 1.807) is 0 Å². The number of esters is 1. The second-order valence-electron chi connectivity index (χ2n) is 6.14. The van der Waals surface area contributed by atoms with Gasteiger partial charge in [-0.25, -0.2) is 0 Å². The van der Waals surface area contributed by atoms with Crippen LogP contribution in [-0.2, 0) is 9.53 Å². The predicted octanol–water partition coefficient (Wildman–Crippen LogP) is 4.32. The first-order chi connectivity index (χ1) is 10.2. The van der Waals surface area contributed by atoms with Gasteiger partial charge in [0.15, 0.2) is 0 Å². The number of hydrogen-bond acceptors (Lipinski definition) is 3. The number of hydrogen-bond donors (Lipinski definition) is 0. The summed E-state index contributed by atoms with van der Waals surface area (Å²) < 4.78 is 5.63. The normalized spacial score (nSPS) is 16.7. The minimum Gasteiger partial charge on any atom is -0.457 e. The maximum Gasteiger partial charge on any atom is 0.320 e. The summed E-state index contributed by atoms with van der Waals surface area (Å²) in [6.07, 6.45) is 11.6. The monoisotopic (exact) mass is 295 g/mol. The Hall–Kier alpha value is -0.830. The van der Waals surface area contributed by atoms with E-state index in [0.717, 1.165) is 38.8 Å². The molecule has 3 heteroatoms. The van der Waals surface area contributed by atoms with Gasteiger partial charge in [-0.1, -0.05) is 32.8 Å². The van der Waals surface area contributed by atoms with Gasteiger partial charge in [0.25, 0.3) is 0 Å². The summed E-state index contributed by atoms with van der Waals surface area (Å²) in [5.74, 6) is -0.0684. The van der Waals surface area contributed by atoms with E-state index in [4.69, 9.17) is 4.74 Å². The topological polar surface area (TPSA) is 29.5 Å². The molecule has 0 radical (unpaired) electrons. The van der Waals surface area contributed by atoms with Crippen LogP contribution < -0.4 is 0 Å². The minimum absolute atomic E-state index is 0.0444. The van der Waals surface area contributed by atoms with Crippen LogP contribution in [0.2, 0.25) is 0 Å². The number of rotatable bonds is 10. The zero-order chi connectivity index (χ0) is 15.5. The molecular weight excluding hydrogens is 262 g/mol. The first-order valence-electron chi connectivity index (χ1n) is 8.78. The molecule has 0 saturated heterocycles. The van der Waals surface area contributed by atoms with E-state index in [-0.39, 0.29) is 12.1 Å². The van der Waals surface area contributed by atoms with Gasteiger partial charge < -0.3 is 4.74 Å². The zero-order valence-electron chi connectivity index (χ0n) is 14.2. The molecular formula is C18H33NO2. The first kappa shape index (κ1) is 18.2. The molecule has 21 heavy (non-hydrogen) atoms. The first-order valence-corrected chi connectivity index (χ1v) is 8.78. The molecule has 0 bridgehead atoms. The summed E-state index contributed by atoms with van der Waals surface area (Å²) >= 11 is 0. The van der Waals surface area contributed by atoms with Crippen LogP contribution in [0.3, 0.4) is 0 Å². The SMILES string of the molecule is CCCCN(CCCC)CC(=O)OC(C)C1=CCCCC1. The molecule has 0 heterocycles. The van der Waals surface area contributed by atoms with E-state index >= 15 is 0 Å². The standard InChI is InChI=1S/C18H33NO2/c1-4-6-13-19(14-7-5-2)15-18(20)21-16(3)17-11-9-8-10-12-17/h11,16H,4-10,12-15H2,1-3H3. The molecule has 0 aliphatic heterocycles. The second-order valence-corrected chi connectivity index (χ2v) is 6.14. The van der Waals surface area contributed by atoms with Crippen molar-refractivity contribution in [1.29, 1.82) is 0 Å². The third kappa shape index (κ3) is 7.66. The molecule has 1 unspecified atom stereocenters. The lowest BCUT2D eigenvalue weighted by Crippen LogP contribution is -2.34. The van der Waals surface area contributed by atoms with Crippen molar-refractivity contribution in [3.63, 3.8) is 0 Å². The highest BCUT2D eigenvalue weighted by molar-refractivity contribution is 5.72. The van der Waals surface area contributed by atoms with Gasteiger partial charge in [-0.3, -0.25) is 9.69 Å². The van der Waals surface area contributed by atoms with E-state index in [2.05, 4.69) is 24.8 Å². The molecule has 0 amide bonds. The highest BCUT2D eigenvalue weighted by atomic mass is 16.5. The average molecular weight is 295 g/mol. The lowest BCUT2D eigenvalue weighted by Gasteiger charge is -2.24. The molecule has 0 N–H and O–H groups in total.